The van der Waals surface area contributed by atoms with Crippen LogP contribution in [0.4, 0.5) is 0 Å². The van der Waals surface area contributed by atoms with E-state index in [-0.39, 0.29) is 31.3 Å². The lowest BCUT2D eigenvalue weighted by Crippen LogP contribution is -2.29. The van der Waals surface area contributed by atoms with Crippen molar-refractivity contribution >= 4 is 19.8 Å². The second kappa shape index (κ2) is 35.0. The standard InChI is InChI=1S/C44H81O13P/c1-3-5-7-8-9-10-11-12-13-14-15-16-17-18-23-27-43(50)54-34-38(35-56-58(52,53)55-33-37(47)32-45)57-44(51)28-24-20-19-22-26-39-40(42(49)31-41(39)48)30-29-36(46)25-21-6-4-2/h12-13,29-30,36-42,45-49H,3-11,14-28,31-35H2,1-2H3,(H,52,53)/b13-12-,30-29+/t36-,37-,38+,39+,40+,41-,42+/m0/s1. The van der Waals surface area contributed by atoms with Crippen LogP contribution in [0.25, 0.3) is 0 Å². The number of carbonyl (C=O) groups is 2. The number of phosphoric acid groups is 1. The van der Waals surface area contributed by atoms with Crippen LogP contribution in [-0.2, 0) is 32.7 Å². The van der Waals surface area contributed by atoms with Crippen LogP contribution in [0.2, 0.25) is 0 Å². The van der Waals surface area contributed by atoms with Crippen molar-refractivity contribution < 1.29 is 63.1 Å². The number of rotatable bonds is 38. The first kappa shape index (κ1) is 54.3. The van der Waals surface area contributed by atoms with E-state index in [9.17, 15) is 39.5 Å². The van der Waals surface area contributed by atoms with Gasteiger partial charge in [0, 0.05) is 25.2 Å². The zero-order valence-electron chi connectivity index (χ0n) is 35.8. The third-order valence-corrected chi connectivity index (χ3v) is 11.6. The molecular weight excluding hydrogens is 767 g/mol. The van der Waals surface area contributed by atoms with E-state index in [4.69, 9.17) is 19.1 Å². The van der Waals surface area contributed by atoms with Crippen LogP contribution in [0, 0.1) is 11.8 Å². The molecule has 14 heteroatoms. The number of unbranched alkanes of at least 4 members (excludes halogenated alkanes) is 16. The quantitative estimate of drug-likeness (QED) is 0.0150. The molecule has 1 aliphatic carbocycles. The number of aliphatic hydroxyl groups excluding tert-OH is 5. The van der Waals surface area contributed by atoms with E-state index < -0.39 is 70.1 Å². The van der Waals surface area contributed by atoms with Gasteiger partial charge in [-0.3, -0.25) is 18.6 Å². The van der Waals surface area contributed by atoms with Gasteiger partial charge in [-0.15, -0.1) is 0 Å². The smallest absolute Gasteiger partial charge is 0.462 e. The Morgan fingerprint density at radius 3 is 1.90 bits per heavy atom. The van der Waals surface area contributed by atoms with E-state index in [0.29, 0.717) is 38.5 Å². The highest BCUT2D eigenvalue weighted by Crippen LogP contribution is 2.43. The van der Waals surface area contributed by atoms with Gasteiger partial charge in [0.05, 0.1) is 38.1 Å². The molecule has 1 aliphatic rings. The molecule has 340 valence electrons. The zero-order chi connectivity index (χ0) is 42.9. The summed E-state index contributed by atoms with van der Waals surface area (Å²) in [4.78, 5) is 35.2. The molecule has 13 nitrogen and oxygen atoms in total. The molecule has 0 aromatic rings. The first-order valence-electron chi connectivity index (χ1n) is 22.6. The minimum atomic E-state index is -4.68. The maximum atomic E-state index is 12.7. The fourth-order valence-electron chi connectivity index (χ4n) is 7.14. The van der Waals surface area contributed by atoms with Gasteiger partial charge in [0.2, 0.25) is 0 Å². The van der Waals surface area contributed by atoms with Crippen molar-refractivity contribution in [3.63, 3.8) is 0 Å². The Kier molecular flexibility index (Phi) is 32.8. The Morgan fingerprint density at radius 1 is 0.707 bits per heavy atom. The number of hydrogen-bond donors (Lipinski definition) is 6. The molecule has 0 aromatic carbocycles. The largest absolute Gasteiger partial charge is 0.472 e. The zero-order valence-corrected chi connectivity index (χ0v) is 36.7. The van der Waals surface area contributed by atoms with Crippen molar-refractivity contribution in [3.8, 4) is 0 Å². The fourth-order valence-corrected chi connectivity index (χ4v) is 7.93. The minimum Gasteiger partial charge on any atom is -0.462 e. The Hall–Kier alpha value is -1.67. The van der Waals surface area contributed by atoms with Crippen molar-refractivity contribution in [2.24, 2.45) is 11.8 Å². The maximum Gasteiger partial charge on any atom is 0.472 e. The average Bonchev–Trinajstić information content (AvgIpc) is 3.47. The predicted octanol–water partition coefficient (Wildman–Crippen LogP) is 8.16. The lowest BCUT2D eigenvalue weighted by Gasteiger charge is -2.21. The molecule has 0 aliphatic heterocycles. The third kappa shape index (κ3) is 28.7. The molecule has 1 unspecified atom stereocenters. The van der Waals surface area contributed by atoms with Gasteiger partial charge in [-0.05, 0) is 57.3 Å². The number of carbonyl (C=O) groups excluding carboxylic acids is 2. The van der Waals surface area contributed by atoms with Crippen LogP contribution in [0.1, 0.15) is 174 Å². The number of allylic oxidation sites excluding steroid dienone is 2. The molecule has 0 saturated heterocycles. The second-order valence-corrected chi connectivity index (χ2v) is 17.5. The van der Waals surface area contributed by atoms with Crippen LogP contribution in [-0.4, -0.2) is 99.3 Å². The second-order valence-electron chi connectivity index (χ2n) is 16.0. The van der Waals surface area contributed by atoms with E-state index in [1.807, 2.05) is 6.08 Å². The highest BCUT2D eigenvalue weighted by molar-refractivity contribution is 7.47. The summed E-state index contributed by atoms with van der Waals surface area (Å²) in [7, 11) is -4.68. The van der Waals surface area contributed by atoms with Gasteiger partial charge in [-0.25, -0.2) is 4.57 Å². The maximum absolute atomic E-state index is 12.7. The van der Waals surface area contributed by atoms with E-state index in [1.54, 1.807) is 6.08 Å². The van der Waals surface area contributed by atoms with Crippen LogP contribution in [0.5, 0.6) is 0 Å². The monoisotopic (exact) mass is 849 g/mol. The number of hydrogen-bond acceptors (Lipinski definition) is 12. The molecule has 0 spiro atoms. The van der Waals surface area contributed by atoms with Gasteiger partial charge in [0.25, 0.3) is 0 Å². The molecule has 0 radical (unpaired) electrons. The number of esters is 2. The van der Waals surface area contributed by atoms with E-state index in [0.717, 1.165) is 70.6 Å². The Labute approximate surface area is 349 Å². The van der Waals surface area contributed by atoms with E-state index in [1.165, 1.54) is 38.5 Å². The predicted molar refractivity (Wildman–Crippen MR) is 226 cm³/mol. The lowest BCUT2D eigenvalue weighted by molar-refractivity contribution is -0.161. The van der Waals surface area contributed by atoms with Crippen molar-refractivity contribution in [2.75, 3.05) is 26.4 Å². The van der Waals surface area contributed by atoms with Gasteiger partial charge in [0.15, 0.2) is 6.10 Å². The number of ether oxygens (including phenoxy) is 2. The third-order valence-electron chi connectivity index (χ3n) is 10.7. The van der Waals surface area contributed by atoms with Crippen LogP contribution in [0.3, 0.4) is 0 Å². The highest BCUT2D eigenvalue weighted by atomic mass is 31.2. The van der Waals surface area contributed by atoms with Gasteiger partial charge in [-0.2, -0.15) is 0 Å². The summed E-state index contributed by atoms with van der Waals surface area (Å²) in [5.74, 6) is -1.41. The molecule has 0 amide bonds. The van der Waals surface area contributed by atoms with Gasteiger partial charge in [-0.1, -0.05) is 128 Å². The Balaban J connectivity index is 2.44. The molecule has 0 heterocycles. The average molecular weight is 849 g/mol. The molecule has 1 saturated carbocycles. The number of phosphoric ester groups is 1. The fraction of sp³-hybridized carbons (Fsp3) is 0.864. The Bertz CT molecular complexity index is 1130. The topological polar surface area (TPSA) is 210 Å². The molecule has 6 N–H and O–H groups in total. The Morgan fingerprint density at radius 2 is 1.26 bits per heavy atom. The van der Waals surface area contributed by atoms with Crippen LogP contribution < -0.4 is 0 Å². The lowest BCUT2D eigenvalue weighted by atomic mass is 9.88. The summed E-state index contributed by atoms with van der Waals surface area (Å²) in [5.41, 5.74) is 0. The summed E-state index contributed by atoms with van der Waals surface area (Å²) in [6, 6.07) is 0. The number of aliphatic hydroxyl groups is 5. The molecule has 8 atom stereocenters. The van der Waals surface area contributed by atoms with Gasteiger partial charge >= 0.3 is 19.8 Å². The summed E-state index contributed by atoms with van der Waals surface area (Å²) in [6.45, 7) is 2.03. The van der Waals surface area contributed by atoms with Crippen molar-refractivity contribution in [2.45, 2.75) is 205 Å². The molecule has 58 heavy (non-hydrogen) atoms. The van der Waals surface area contributed by atoms with Crippen LogP contribution >= 0.6 is 7.82 Å². The van der Waals surface area contributed by atoms with Crippen molar-refractivity contribution in [1.82, 2.24) is 0 Å². The van der Waals surface area contributed by atoms with E-state index >= 15 is 0 Å². The summed E-state index contributed by atoms with van der Waals surface area (Å²) in [5, 5.41) is 49.8. The molecule has 0 bridgehead atoms. The highest BCUT2D eigenvalue weighted by Gasteiger charge is 2.39. The van der Waals surface area contributed by atoms with Crippen molar-refractivity contribution in [1.29, 1.82) is 0 Å². The minimum absolute atomic E-state index is 0.0569. The molecule has 0 aromatic heterocycles. The van der Waals surface area contributed by atoms with Gasteiger partial charge < -0.3 is 39.9 Å². The molecular formula is C44H81O13P. The summed E-state index contributed by atoms with van der Waals surface area (Å²) < 4.78 is 32.7. The van der Waals surface area contributed by atoms with Crippen LogP contribution in [0.15, 0.2) is 24.3 Å². The summed E-state index contributed by atoms with van der Waals surface area (Å²) >= 11 is 0. The normalized spacial score (nSPS) is 21.0. The van der Waals surface area contributed by atoms with Crippen molar-refractivity contribution in [3.05, 3.63) is 24.3 Å². The first-order chi connectivity index (χ1) is 27.9. The molecule has 1 rings (SSSR count). The van der Waals surface area contributed by atoms with E-state index in [2.05, 4.69) is 30.5 Å². The first-order valence-corrected chi connectivity index (χ1v) is 24.0. The molecule has 1 fully saturated rings. The summed E-state index contributed by atoms with van der Waals surface area (Å²) in [6.07, 6.45) is 26.3. The van der Waals surface area contributed by atoms with Gasteiger partial charge in [0.1, 0.15) is 12.7 Å². The SMILES string of the molecule is CCCCCCCC/C=C\CCCCCCCC(=O)OC[C@H](COP(=O)(O)OC[C@@H](O)CO)OC(=O)CCCCCC[C@@H]1[C@@H](/C=C/[C@@H](O)CCCCC)[C@H](O)C[C@@H]1O.